The van der Waals surface area contributed by atoms with Gasteiger partial charge in [0, 0.05) is 32.1 Å². The minimum absolute atomic E-state index is 0.0835. The molecule has 0 aromatic heterocycles. The molecule has 0 radical (unpaired) electrons. The number of nitriles is 2. The molecule has 1 N–H and O–H groups in total. The van der Waals surface area contributed by atoms with E-state index in [1.54, 1.807) is 12.1 Å². The van der Waals surface area contributed by atoms with Crippen molar-refractivity contribution in [3.63, 3.8) is 0 Å². The summed E-state index contributed by atoms with van der Waals surface area (Å²) in [6, 6.07) is 20.0. The number of piperidine rings is 1. The highest BCUT2D eigenvalue weighted by atomic mass is 35.5. The van der Waals surface area contributed by atoms with Gasteiger partial charge in [0.2, 0.25) is 0 Å². The molecule has 0 bridgehead atoms. The van der Waals surface area contributed by atoms with E-state index in [-0.39, 0.29) is 11.8 Å². The number of amides is 1. The standard InChI is InChI=1S/C34H35Cl2N5O3/c1-39(21-32(42)43)34(44)33-28-5-3-2-4-25(28)14-26(18-38)29(33)15-24(23-6-7-30(35)31(36)16-23)10-11-40-19-27(20-40)41-12-8-22(17-37)9-13-41/h2-7,14,16,22,24,27H,8-13,15,19-21H2,1H3,(H,42,43). The number of hydrogen-bond acceptors (Lipinski definition) is 6. The van der Waals surface area contributed by atoms with Crippen molar-refractivity contribution in [3.8, 4) is 12.1 Å². The maximum atomic E-state index is 13.8. The normalized spacial score (nSPS) is 17.0. The smallest absolute Gasteiger partial charge is 0.323 e. The molecular formula is C34H35Cl2N5O3. The molecule has 2 aliphatic heterocycles. The molecule has 10 heteroatoms. The first kappa shape index (κ1) is 31.8. The number of benzene rings is 3. The Kier molecular flexibility index (Phi) is 10.1. The summed E-state index contributed by atoms with van der Waals surface area (Å²) in [6.07, 6.45) is 3.02. The lowest BCUT2D eigenvalue weighted by atomic mass is 9.83. The van der Waals surface area contributed by atoms with E-state index in [9.17, 15) is 25.2 Å². The monoisotopic (exact) mass is 631 g/mol. The van der Waals surface area contributed by atoms with Gasteiger partial charge in [-0.3, -0.25) is 14.5 Å². The van der Waals surface area contributed by atoms with Gasteiger partial charge in [-0.15, -0.1) is 0 Å². The number of fused-ring (bicyclic) bond motifs is 1. The molecule has 1 atom stereocenters. The Morgan fingerprint density at radius 2 is 1.80 bits per heavy atom. The summed E-state index contributed by atoms with van der Waals surface area (Å²) in [7, 11) is 1.47. The van der Waals surface area contributed by atoms with Gasteiger partial charge in [0.15, 0.2) is 0 Å². The zero-order chi connectivity index (χ0) is 31.4. The molecule has 228 valence electrons. The quantitative estimate of drug-likeness (QED) is 0.300. The lowest BCUT2D eigenvalue weighted by Crippen LogP contribution is -2.60. The van der Waals surface area contributed by atoms with E-state index < -0.39 is 18.4 Å². The third-order valence-corrected chi connectivity index (χ3v) is 9.78. The highest BCUT2D eigenvalue weighted by Gasteiger charge is 2.34. The van der Waals surface area contributed by atoms with Crippen molar-refractivity contribution >= 4 is 45.9 Å². The number of likely N-dealkylation sites (N-methyl/N-ethyl adjacent to an activating group) is 1. The minimum atomic E-state index is -1.11. The largest absolute Gasteiger partial charge is 0.480 e. The first-order valence-corrected chi connectivity index (χ1v) is 15.7. The van der Waals surface area contributed by atoms with Crippen LogP contribution in [0.3, 0.4) is 0 Å². The van der Waals surface area contributed by atoms with E-state index >= 15 is 0 Å². The van der Waals surface area contributed by atoms with Gasteiger partial charge in [-0.1, -0.05) is 53.5 Å². The van der Waals surface area contributed by atoms with Crippen LogP contribution < -0.4 is 0 Å². The Balaban J connectivity index is 1.43. The third-order valence-electron chi connectivity index (χ3n) is 9.04. The molecule has 1 unspecified atom stereocenters. The zero-order valence-corrected chi connectivity index (χ0v) is 26.2. The van der Waals surface area contributed by atoms with E-state index in [2.05, 4.69) is 21.9 Å². The minimum Gasteiger partial charge on any atom is -0.480 e. The second-order valence-electron chi connectivity index (χ2n) is 11.9. The lowest BCUT2D eigenvalue weighted by molar-refractivity contribution is -0.137. The molecular weight excluding hydrogens is 597 g/mol. The summed E-state index contributed by atoms with van der Waals surface area (Å²) in [5.74, 6) is -1.46. The van der Waals surface area contributed by atoms with E-state index in [4.69, 9.17) is 23.2 Å². The first-order chi connectivity index (χ1) is 21.2. The molecule has 5 rings (SSSR count). The van der Waals surface area contributed by atoms with Crippen molar-refractivity contribution in [1.82, 2.24) is 14.7 Å². The van der Waals surface area contributed by atoms with Crippen molar-refractivity contribution in [2.45, 2.75) is 37.6 Å². The number of carbonyl (C=O) groups is 2. The number of hydrogen-bond donors (Lipinski definition) is 1. The van der Waals surface area contributed by atoms with Crippen LogP contribution >= 0.6 is 23.2 Å². The number of carbonyl (C=O) groups excluding carboxylic acids is 1. The number of likely N-dealkylation sites (tertiary alicyclic amines) is 2. The number of rotatable bonds is 10. The predicted molar refractivity (Wildman–Crippen MR) is 171 cm³/mol. The van der Waals surface area contributed by atoms with Gasteiger partial charge in [0.1, 0.15) is 6.54 Å². The average molecular weight is 633 g/mol. The SMILES string of the molecule is CN(CC(=O)O)C(=O)c1c(CC(CCN2CC(N3CCC(C#N)CC3)C2)c2ccc(Cl)c(Cl)c2)c(C#N)cc2ccccc12. The summed E-state index contributed by atoms with van der Waals surface area (Å²) >= 11 is 12.7. The Morgan fingerprint density at radius 3 is 2.45 bits per heavy atom. The van der Waals surface area contributed by atoms with Crippen molar-refractivity contribution in [2.24, 2.45) is 5.92 Å². The van der Waals surface area contributed by atoms with Crippen molar-refractivity contribution in [1.29, 1.82) is 10.5 Å². The highest BCUT2D eigenvalue weighted by molar-refractivity contribution is 6.42. The Morgan fingerprint density at radius 1 is 1.07 bits per heavy atom. The Labute approximate surface area is 268 Å². The van der Waals surface area contributed by atoms with E-state index in [0.717, 1.165) is 62.9 Å². The summed E-state index contributed by atoms with van der Waals surface area (Å²) in [6.45, 7) is 4.24. The Hall–Kier alpha value is -3.66. The van der Waals surface area contributed by atoms with Crippen LogP contribution in [0, 0.1) is 28.6 Å². The van der Waals surface area contributed by atoms with Gasteiger partial charge >= 0.3 is 5.97 Å². The fraction of sp³-hybridized carbons (Fsp3) is 0.412. The van der Waals surface area contributed by atoms with E-state index in [1.165, 1.54) is 11.9 Å². The molecule has 2 aliphatic rings. The topological polar surface area (TPSA) is 112 Å². The molecule has 2 fully saturated rings. The molecule has 8 nitrogen and oxygen atoms in total. The van der Waals surface area contributed by atoms with Gasteiger partial charge in [-0.2, -0.15) is 10.5 Å². The summed E-state index contributed by atoms with van der Waals surface area (Å²) in [4.78, 5) is 31.4. The van der Waals surface area contributed by atoms with Crippen molar-refractivity contribution < 1.29 is 14.7 Å². The molecule has 3 aromatic carbocycles. The first-order valence-electron chi connectivity index (χ1n) is 14.9. The van der Waals surface area contributed by atoms with E-state index in [1.807, 2.05) is 36.4 Å². The molecule has 0 spiro atoms. The number of aliphatic carboxylic acids is 1. The lowest BCUT2D eigenvalue weighted by Gasteiger charge is -2.47. The number of nitrogens with zero attached hydrogens (tertiary/aromatic N) is 5. The molecule has 44 heavy (non-hydrogen) atoms. The van der Waals surface area contributed by atoms with Crippen LogP contribution in [-0.4, -0.2) is 84.0 Å². The maximum absolute atomic E-state index is 13.8. The fourth-order valence-corrected chi connectivity index (χ4v) is 6.81. The number of halogens is 2. The maximum Gasteiger partial charge on any atom is 0.323 e. The summed E-state index contributed by atoms with van der Waals surface area (Å²) < 4.78 is 0. The third kappa shape index (κ3) is 7.01. The van der Waals surface area contributed by atoms with Crippen molar-refractivity contribution in [2.75, 3.05) is 46.3 Å². The average Bonchev–Trinajstić information content (AvgIpc) is 3.00. The molecule has 3 aromatic rings. The molecule has 1 amide bonds. The molecule has 0 saturated carbocycles. The summed E-state index contributed by atoms with van der Waals surface area (Å²) in [5.41, 5.74) is 2.32. The second-order valence-corrected chi connectivity index (χ2v) is 12.7. The van der Waals surface area contributed by atoms with Gasteiger partial charge in [0.25, 0.3) is 5.91 Å². The predicted octanol–water partition coefficient (Wildman–Crippen LogP) is 5.81. The van der Waals surface area contributed by atoms with Crippen LogP contribution in [0.5, 0.6) is 0 Å². The van der Waals surface area contributed by atoms with Crippen LogP contribution in [-0.2, 0) is 11.2 Å². The Bertz CT molecular complexity index is 1630. The van der Waals surface area contributed by atoms with Gasteiger partial charge < -0.3 is 14.9 Å². The molecule has 2 heterocycles. The van der Waals surface area contributed by atoms with Crippen LogP contribution in [0.1, 0.15) is 52.2 Å². The van der Waals surface area contributed by atoms with Crippen molar-refractivity contribution in [3.05, 3.63) is 80.8 Å². The van der Waals surface area contributed by atoms with Crippen LogP contribution in [0.4, 0.5) is 0 Å². The van der Waals surface area contributed by atoms with E-state index in [0.29, 0.717) is 44.6 Å². The number of carboxylic acid groups (broad SMARTS) is 1. The summed E-state index contributed by atoms with van der Waals surface area (Å²) in [5, 5.41) is 31.2. The second kappa shape index (κ2) is 14.0. The van der Waals surface area contributed by atoms with Crippen LogP contribution in [0.15, 0.2) is 48.5 Å². The molecule has 2 saturated heterocycles. The highest BCUT2D eigenvalue weighted by Crippen LogP contribution is 2.36. The zero-order valence-electron chi connectivity index (χ0n) is 24.7. The van der Waals surface area contributed by atoms with Gasteiger partial charge in [-0.05, 0) is 91.3 Å². The van der Waals surface area contributed by atoms with Gasteiger partial charge in [-0.25, -0.2) is 0 Å². The number of carboxylic acids is 1. The van der Waals surface area contributed by atoms with Gasteiger partial charge in [0.05, 0.1) is 33.3 Å². The fourth-order valence-electron chi connectivity index (χ4n) is 6.50. The molecule has 0 aliphatic carbocycles. The van der Waals surface area contributed by atoms with Crippen LogP contribution in [0.25, 0.3) is 10.8 Å². The van der Waals surface area contributed by atoms with Crippen LogP contribution in [0.2, 0.25) is 10.0 Å².